The first-order valence-corrected chi connectivity index (χ1v) is 12.0. The highest BCUT2D eigenvalue weighted by Crippen LogP contribution is 2.36. The van der Waals surface area contributed by atoms with Gasteiger partial charge < -0.3 is 24.8 Å². The van der Waals surface area contributed by atoms with E-state index < -0.39 is 0 Å². The number of rotatable bonds is 8. The van der Waals surface area contributed by atoms with Crippen LogP contribution in [-0.4, -0.2) is 36.5 Å². The van der Waals surface area contributed by atoms with Gasteiger partial charge in [0, 0.05) is 16.9 Å². The van der Waals surface area contributed by atoms with Crippen LogP contribution in [0.15, 0.2) is 85.1 Å². The Morgan fingerprint density at radius 3 is 2.41 bits per heavy atom. The van der Waals surface area contributed by atoms with E-state index in [-0.39, 0.29) is 11.9 Å². The van der Waals surface area contributed by atoms with Crippen molar-refractivity contribution in [2.75, 3.05) is 31.5 Å². The van der Waals surface area contributed by atoms with Crippen LogP contribution in [0.3, 0.4) is 0 Å². The van der Waals surface area contributed by atoms with Crippen LogP contribution in [0.2, 0.25) is 0 Å². The fraction of sp³-hybridized carbons (Fsp3) is 0.172. The maximum absolute atomic E-state index is 13.3. The summed E-state index contributed by atoms with van der Waals surface area (Å²) >= 11 is 0. The largest absolute Gasteiger partial charge is 0.497 e. The highest BCUT2D eigenvalue weighted by atomic mass is 16.5. The zero-order valence-corrected chi connectivity index (χ0v) is 20.9. The molecule has 2 heterocycles. The highest BCUT2D eigenvalue weighted by molar-refractivity contribution is 6.08. The Balaban J connectivity index is 1.50. The van der Waals surface area contributed by atoms with Gasteiger partial charge in [-0.2, -0.15) is 5.10 Å². The molecule has 4 aromatic rings. The summed E-state index contributed by atoms with van der Waals surface area (Å²) in [5, 5.41) is 11.0. The molecule has 3 aromatic carbocycles. The Kier molecular flexibility index (Phi) is 6.81. The van der Waals surface area contributed by atoms with Crippen molar-refractivity contribution in [1.29, 1.82) is 0 Å². The zero-order chi connectivity index (χ0) is 25.8. The number of methoxy groups -OCH3 is 2. The summed E-state index contributed by atoms with van der Waals surface area (Å²) in [7, 11) is 3.28. The van der Waals surface area contributed by atoms with Crippen LogP contribution in [0.25, 0.3) is 5.70 Å². The lowest BCUT2D eigenvalue weighted by Crippen LogP contribution is -2.22. The number of carbonyl (C=O) groups is 1. The number of carbonyl (C=O) groups excluding carboxylic acids is 1. The van der Waals surface area contributed by atoms with E-state index in [0.717, 1.165) is 34.1 Å². The Hall–Kier alpha value is -4.72. The topological polar surface area (TPSA) is 86.6 Å². The van der Waals surface area contributed by atoms with Crippen LogP contribution in [0.5, 0.6) is 17.2 Å². The lowest BCUT2D eigenvalue weighted by atomic mass is 10.0. The number of hydrogen-bond donors (Lipinski definition) is 2. The lowest BCUT2D eigenvalue weighted by molar-refractivity contribution is 0.102. The van der Waals surface area contributed by atoms with Gasteiger partial charge in [0.25, 0.3) is 5.91 Å². The van der Waals surface area contributed by atoms with E-state index in [4.69, 9.17) is 14.2 Å². The first-order valence-electron chi connectivity index (χ1n) is 12.0. The molecule has 0 fully saturated rings. The molecule has 0 spiro atoms. The zero-order valence-electron chi connectivity index (χ0n) is 20.9. The number of nitrogens with zero attached hydrogens (tertiary/aromatic N) is 2. The standard InChI is InChI=1S/C29H28N4O4/c1-4-37-23-14-10-21(11-15-23)31-29(34)25-18-30-33-27(19-8-12-22(35-2)13-9-19)17-26(32-28(25)33)20-6-5-7-24(16-20)36-3/h5-18,27,32H,4H2,1-3H3,(H,31,34). The lowest BCUT2D eigenvalue weighted by Gasteiger charge is -2.26. The molecule has 0 radical (unpaired) electrons. The molecule has 0 saturated heterocycles. The average Bonchev–Trinajstić information content (AvgIpc) is 3.38. The van der Waals surface area contributed by atoms with Crippen molar-refractivity contribution in [3.8, 4) is 17.2 Å². The molecular formula is C29H28N4O4. The van der Waals surface area contributed by atoms with Gasteiger partial charge in [-0.1, -0.05) is 24.3 Å². The highest BCUT2D eigenvalue weighted by Gasteiger charge is 2.28. The van der Waals surface area contributed by atoms with E-state index in [0.29, 0.717) is 23.7 Å². The summed E-state index contributed by atoms with van der Waals surface area (Å²) in [5.74, 6) is 2.60. The molecule has 1 atom stereocenters. The number of fused-ring (bicyclic) bond motifs is 1. The number of allylic oxidation sites excluding steroid dienone is 1. The second-order valence-corrected chi connectivity index (χ2v) is 8.42. The van der Waals surface area contributed by atoms with Crippen molar-refractivity contribution in [2.45, 2.75) is 13.0 Å². The van der Waals surface area contributed by atoms with Crippen LogP contribution in [-0.2, 0) is 0 Å². The average molecular weight is 497 g/mol. The second kappa shape index (κ2) is 10.5. The monoisotopic (exact) mass is 496 g/mol. The number of amides is 1. The molecule has 1 aromatic heterocycles. The minimum Gasteiger partial charge on any atom is -0.497 e. The Bertz CT molecular complexity index is 1430. The van der Waals surface area contributed by atoms with E-state index in [9.17, 15) is 4.79 Å². The molecule has 0 bridgehead atoms. The van der Waals surface area contributed by atoms with Crippen LogP contribution >= 0.6 is 0 Å². The number of ether oxygens (including phenoxy) is 3. The maximum atomic E-state index is 13.3. The minimum absolute atomic E-state index is 0.240. The molecule has 1 amide bonds. The minimum atomic E-state index is -0.265. The van der Waals surface area contributed by atoms with E-state index >= 15 is 0 Å². The van der Waals surface area contributed by atoms with Crippen LogP contribution in [0, 0.1) is 0 Å². The third-order valence-electron chi connectivity index (χ3n) is 6.14. The smallest absolute Gasteiger partial charge is 0.261 e. The predicted molar refractivity (Wildman–Crippen MR) is 144 cm³/mol. The van der Waals surface area contributed by atoms with Gasteiger partial charge >= 0.3 is 0 Å². The summed E-state index contributed by atoms with van der Waals surface area (Å²) < 4.78 is 18.1. The molecule has 0 saturated carbocycles. The number of aromatic nitrogens is 2. The summed E-state index contributed by atoms with van der Waals surface area (Å²) in [5.41, 5.74) is 3.89. The number of nitrogens with one attached hydrogen (secondary N) is 2. The SMILES string of the molecule is CCOc1ccc(NC(=O)c2cnn3c2NC(c2cccc(OC)c2)=CC3c2ccc(OC)cc2)cc1. The molecule has 2 N–H and O–H groups in total. The third kappa shape index (κ3) is 4.99. The van der Waals surface area contributed by atoms with Crippen LogP contribution < -0.4 is 24.8 Å². The summed E-state index contributed by atoms with van der Waals surface area (Å²) in [6.45, 7) is 2.51. The van der Waals surface area contributed by atoms with E-state index in [1.165, 1.54) is 0 Å². The maximum Gasteiger partial charge on any atom is 0.261 e. The van der Waals surface area contributed by atoms with Crippen molar-refractivity contribution < 1.29 is 19.0 Å². The third-order valence-corrected chi connectivity index (χ3v) is 6.14. The Labute approximate surface area is 215 Å². The normalized spacial score (nSPS) is 14.1. The van der Waals surface area contributed by atoms with Crippen molar-refractivity contribution in [3.05, 3.63) is 102 Å². The fourth-order valence-electron chi connectivity index (χ4n) is 4.26. The molecule has 37 heavy (non-hydrogen) atoms. The van der Waals surface area contributed by atoms with Crippen LogP contribution in [0.4, 0.5) is 11.5 Å². The molecule has 8 nitrogen and oxygen atoms in total. The molecule has 1 aliphatic heterocycles. The fourth-order valence-corrected chi connectivity index (χ4v) is 4.26. The van der Waals surface area contributed by atoms with E-state index in [1.807, 2.05) is 84.4 Å². The van der Waals surface area contributed by atoms with Gasteiger partial charge in [-0.15, -0.1) is 0 Å². The first-order chi connectivity index (χ1) is 18.1. The van der Waals surface area contributed by atoms with E-state index in [2.05, 4.69) is 21.8 Å². The summed E-state index contributed by atoms with van der Waals surface area (Å²) in [4.78, 5) is 13.3. The van der Waals surface area contributed by atoms with Gasteiger partial charge in [0.1, 0.15) is 28.6 Å². The van der Waals surface area contributed by atoms with Gasteiger partial charge in [-0.05, 0) is 67.1 Å². The van der Waals surface area contributed by atoms with Crippen molar-refractivity contribution in [2.24, 2.45) is 0 Å². The Morgan fingerprint density at radius 1 is 0.973 bits per heavy atom. The molecule has 188 valence electrons. The quantitative estimate of drug-likeness (QED) is 0.330. The van der Waals surface area contributed by atoms with Gasteiger partial charge in [0.15, 0.2) is 0 Å². The number of hydrogen-bond acceptors (Lipinski definition) is 6. The molecule has 1 unspecified atom stereocenters. The van der Waals surface area contributed by atoms with Crippen molar-refractivity contribution >= 4 is 23.1 Å². The molecule has 8 heteroatoms. The van der Waals surface area contributed by atoms with Gasteiger partial charge in [0.05, 0.1) is 33.1 Å². The predicted octanol–water partition coefficient (Wildman–Crippen LogP) is 5.61. The molecule has 1 aliphatic rings. The second-order valence-electron chi connectivity index (χ2n) is 8.42. The van der Waals surface area contributed by atoms with Crippen LogP contribution in [0.1, 0.15) is 34.5 Å². The molecular weight excluding hydrogens is 468 g/mol. The van der Waals surface area contributed by atoms with Gasteiger partial charge in [-0.25, -0.2) is 4.68 Å². The van der Waals surface area contributed by atoms with Crippen molar-refractivity contribution in [1.82, 2.24) is 9.78 Å². The summed E-state index contributed by atoms with van der Waals surface area (Å²) in [6, 6.07) is 22.7. The van der Waals surface area contributed by atoms with Gasteiger partial charge in [-0.3, -0.25) is 4.79 Å². The first kappa shape index (κ1) is 24.0. The van der Waals surface area contributed by atoms with Gasteiger partial charge in [0.2, 0.25) is 0 Å². The molecule has 5 rings (SSSR count). The molecule has 0 aliphatic carbocycles. The van der Waals surface area contributed by atoms with Crippen molar-refractivity contribution in [3.63, 3.8) is 0 Å². The van der Waals surface area contributed by atoms with E-state index in [1.54, 1.807) is 20.4 Å². The number of benzene rings is 3. The summed E-state index contributed by atoms with van der Waals surface area (Å²) in [6.07, 6.45) is 3.68. The number of anilines is 2. The Morgan fingerprint density at radius 2 is 1.70 bits per heavy atom.